The summed E-state index contributed by atoms with van der Waals surface area (Å²) in [7, 11) is 0. The van der Waals surface area contributed by atoms with Crippen LogP contribution in [-0.2, 0) is 6.54 Å². The third kappa shape index (κ3) is 2.99. The second-order valence-electron chi connectivity index (χ2n) is 7.33. The van der Waals surface area contributed by atoms with E-state index in [-0.39, 0.29) is 6.42 Å². The second kappa shape index (κ2) is 6.20. The van der Waals surface area contributed by atoms with E-state index in [0.717, 1.165) is 41.5 Å². The molecule has 0 aliphatic carbocycles. The Kier molecular flexibility index (Phi) is 4.14. The molecule has 4 heterocycles. The molecule has 25 heavy (non-hydrogen) atoms. The SMILES string of the molecule is Cc1sc2nc(CN3CCCC3)nc(N3CC(O)(CC#N)C3)c2c1C. The van der Waals surface area contributed by atoms with Crippen molar-refractivity contribution in [2.75, 3.05) is 31.1 Å². The molecule has 2 aromatic rings. The molecule has 2 saturated heterocycles. The van der Waals surface area contributed by atoms with Gasteiger partial charge < -0.3 is 10.0 Å². The molecule has 0 spiro atoms. The van der Waals surface area contributed by atoms with Gasteiger partial charge in [0.25, 0.3) is 0 Å². The van der Waals surface area contributed by atoms with E-state index in [1.165, 1.54) is 23.3 Å². The van der Waals surface area contributed by atoms with Crippen molar-refractivity contribution in [3.05, 3.63) is 16.3 Å². The first-order valence-corrected chi connectivity index (χ1v) is 9.64. The molecule has 0 atom stereocenters. The van der Waals surface area contributed by atoms with Crippen LogP contribution in [0.25, 0.3) is 10.2 Å². The topological polar surface area (TPSA) is 76.3 Å². The zero-order valence-electron chi connectivity index (χ0n) is 14.7. The van der Waals surface area contributed by atoms with Gasteiger partial charge in [-0.05, 0) is 45.3 Å². The minimum Gasteiger partial charge on any atom is -0.385 e. The molecule has 0 saturated carbocycles. The number of thiophene rings is 1. The summed E-state index contributed by atoms with van der Waals surface area (Å²) in [4.78, 5) is 16.5. The van der Waals surface area contributed by atoms with Gasteiger partial charge in [0.05, 0.1) is 37.5 Å². The Labute approximate surface area is 151 Å². The lowest BCUT2D eigenvalue weighted by molar-refractivity contribution is 0.0163. The number of aliphatic hydroxyl groups is 1. The molecule has 6 nitrogen and oxygen atoms in total. The Morgan fingerprint density at radius 2 is 1.96 bits per heavy atom. The van der Waals surface area contributed by atoms with Crippen molar-refractivity contribution in [1.82, 2.24) is 14.9 Å². The highest BCUT2D eigenvalue weighted by Gasteiger charge is 2.42. The maximum Gasteiger partial charge on any atom is 0.146 e. The van der Waals surface area contributed by atoms with Crippen molar-refractivity contribution in [2.45, 2.75) is 45.3 Å². The van der Waals surface area contributed by atoms with Crippen LogP contribution in [-0.4, -0.2) is 51.8 Å². The van der Waals surface area contributed by atoms with Crippen LogP contribution < -0.4 is 4.90 Å². The fourth-order valence-corrected chi connectivity index (χ4v) is 4.83. The highest BCUT2D eigenvalue weighted by atomic mass is 32.1. The zero-order chi connectivity index (χ0) is 17.6. The van der Waals surface area contributed by atoms with Crippen LogP contribution in [0.1, 0.15) is 35.5 Å². The summed E-state index contributed by atoms with van der Waals surface area (Å²) >= 11 is 1.72. The summed E-state index contributed by atoms with van der Waals surface area (Å²) in [6, 6.07) is 2.08. The predicted molar refractivity (Wildman–Crippen MR) is 98.8 cm³/mol. The lowest BCUT2D eigenvalue weighted by Gasteiger charge is -2.46. The number of aryl methyl sites for hydroxylation is 2. The quantitative estimate of drug-likeness (QED) is 0.905. The summed E-state index contributed by atoms with van der Waals surface area (Å²) in [5, 5.41) is 20.4. The molecular formula is C18H23N5OS. The Hall–Kier alpha value is -1.75. The molecule has 132 valence electrons. The lowest BCUT2D eigenvalue weighted by atomic mass is 9.91. The number of hydrogen-bond acceptors (Lipinski definition) is 7. The summed E-state index contributed by atoms with van der Waals surface area (Å²) < 4.78 is 0. The number of β-amino-alcohol motifs (C(OH)–C–C–N with tert-alkyl or cyclic N) is 1. The van der Waals surface area contributed by atoms with Crippen LogP contribution in [0.4, 0.5) is 5.82 Å². The van der Waals surface area contributed by atoms with E-state index in [1.54, 1.807) is 11.3 Å². The second-order valence-corrected chi connectivity index (χ2v) is 8.53. The molecule has 2 aliphatic heterocycles. The first-order valence-electron chi connectivity index (χ1n) is 8.82. The summed E-state index contributed by atoms with van der Waals surface area (Å²) in [6.45, 7) is 8.18. The van der Waals surface area contributed by atoms with E-state index in [0.29, 0.717) is 13.1 Å². The van der Waals surface area contributed by atoms with Crippen molar-refractivity contribution in [3.8, 4) is 6.07 Å². The van der Waals surface area contributed by atoms with Crippen molar-refractivity contribution < 1.29 is 5.11 Å². The first-order chi connectivity index (χ1) is 12.0. The average molecular weight is 357 g/mol. The van der Waals surface area contributed by atoms with E-state index >= 15 is 0 Å². The van der Waals surface area contributed by atoms with Crippen LogP contribution in [0.2, 0.25) is 0 Å². The number of hydrogen-bond donors (Lipinski definition) is 1. The fraction of sp³-hybridized carbons (Fsp3) is 0.611. The van der Waals surface area contributed by atoms with Gasteiger partial charge >= 0.3 is 0 Å². The Morgan fingerprint density at radius 3 is 2.64 bits per heavy atom. The summed E-state index contributed by atoms with van der Waals surface area (Å²) in [6.07, 6.45) is 2.67. The van der Waals surface area contributed by atoms with Gasteiger partial charge in [-0.2, -0.15) is 5.26 Å². The zero-order valence-corrected chi connectivity index (χ0v) is 15.6. The van der Waals surface area contributed by atoms with Gasteiger partial charge in [-0.25, -0.2) is 9.97 Å². The molecule has 7 heteroatoms. The van der Waals surface area contributed by atoms with Gasteiger partial charge in [-0.3, -0.25) is 4.90 Å². The standard InChI is InChI=1S/C18H23N5OS/c1-12-13(2)25-17-15(12)16(23-10-18(24,11-23)5-6-19)20-14(21-17)9-22-7-3-4-8-22/h24H,3-5,7-11H2,1-2H3. The van der Waals surface area contributed by atoms with Crippen LogP contribution in [0, 0.1) is 25.2 Å². The highest BCUT2D eigenvalue weighted by Crippen LogP contribution is 2.38. The van der Waals surface area contributed by atoms with Crippen LogP contribution in [0.5, 0.6) is 0 Å². The molecule has 0 radical (unpaired) electrons. The minimum atomic E-state index is -0.903. The molecule has 0 unspecified atom stereocenters. The van der Waals surface area contributed by atoms with E-state index < -0.39 is 5.60 Å². The Morgan fingerprint density at radius 1 is 1.24 bits per heavy atom. The number of rotatable bonds is 4. The van der Waals surface area contributed by atoms with Gasteiger partial charge in [0.1, 0.15) is 22.1 Å². The largest absolute Gasteiger partial charge is 0.385 e. The normalized spacial score (nSPS) is 20.0. The van der Waals surface area contributed by atoms with Crippen molar-refractivity contribution in [2.24, 2.45) is 0 Å². The Balaban J connectivity index is 1.69. The smallest absolute Gasteiger partial charge is 0.146 e. The Bertz CT molecular complexity index is 843. The number of likely N-dealkylation sites (tertiary alicyclic amines) is 1. The van der Waals surface area contributed by atoms with E-state index in [2.05, 4.69) is 29.7 Å². The maximum absolute atomic E-state index is 10.4. The number of aromatic nitrogens is 2. The van der Waals surface area contributed by atoms with Gasteiger partial charge in [-0.15, -0.1) is 11.3 Å². The predicted octanol–water partition coefficient (Wildman–Crippen LogP) is 2.37. The summed E-state index contributed by atoms with van der Waals surface area (Å²) in [5.74, 6) is 1.78. The third-order valence-corrected chi connectivity index (χ3v) is 6.40. The molecular weight excluding hydrogens is 334 g/mol. The van der Waals surface area contributed by atoms with Crippen molar-refractivity contribution in [1.29, 1.82) is 5.26 Å². The number of anilines is 1. The molecule has 4 rings (SSSR count). The third-order valence-electron chi connectivity index (χ3n) is 5.30. The van der Waals surface area contributed by atoms with E-state index in [4.69, 9.17) is 15.2 Å². The van der Waals surface area contributed by atoms with Crippen LogP contribution in [0.15, 0.2) is 0 Å². The molecule has 2 aromatic heterocycles. The lowest BCUT2D eigenvalue weighted by Crippen LogP contribution is -2.62. The van der Waals surface area contributed by atoms with Gasteiger partial charge in [0.2, 0.25) is 0 Å². The van der Waals surface area contributed by atoms with E-state index in [9.17, 15) is 5.11 Å². The van der Waals surface area contributed by atoms with Gasteiger partial charge in [0.15, 0.2) is 0 Å². The van der Waals surface area contributed by atoms with Gasteiger partial charge in [0, 0.05) is 4.88 Å². The molecule has 0 bridgehead atoms. The van der Waals surface area contributed by atoms with Crippen molar-refractivity contribution >= 4 is 27.4 Å². The molecule has 0 aromatic carbocycles. The maximum atomic E-state index is 10.4. The number of nitriles is 1. The monoisotopic (exact) mass is 357 g/mol. The van der Waals surface area contributed by atoms with Crippen LogP contribution in [0.3, 0.4) is 0 Å². The highest BCUT2D eigenvalue weighted by molar-refractivity contribution is 7.18. The fourth-order valence-electron chi connectivity index (χ4n) is 3.78. The van der Waals surface area contributed by atoms with Gasteiger partial charge in [-0.1, -0.05) is 0 Å². The number of fused-ring (bicyclic) bond motifs is 1. The molecule has 0 amide bonds. The molecule has 2 aliphatic rings. The van der Waals surface area contributed by atoms with E-state index in [1.807, 2.05) is 0 Å². The average Bonchev–Trinajstić information content (AvgIpc) is 3.13. The number of nitrogens with zero attached hydrogens (tertiary/aromatic N) is 5. The summed E-state index contributed by atoms with van der Waals surface area (Å²) in [5.41, 5.74) is 0.318. The molecule has 1 N–H and O–H groups in total. The van der Waals surface area contributed by atoms with Crippen molar-refractivity contribution in [3.63, 3.8) is 0 Å². The van der Waals surface area contributed by atoms with Crippen LogP contribution >= 0.6 is 11.3 Å². The first kappa shape index (κ1) is 16.7. The minimum absolute atomic E-state index is 0.167. The molecule has 2 fully saturated rings.